The SMILES string of the molecule is CCN(CC)C(=O)C1CCC(C(=O)N2CCC(C)CC2)CC1. The fourth-order valence-electron chi connectivity index (χ4n) is 3.87. The van der Waals surface area contributed by atoms with E-state index in [4.69, 9.17) is 0 Å². The molecule has 1 aliphatic carbocycles. The molecule has 126 valence electrons. The van der Waals surface area contributed by atoms with Gasteiger partial charge < -0.3 is 9.80 Å². The second-order valence-electron chi connectivity index (χ2n) is 7.07. The summed E-state index contributed by atoms with van der Waals surface area (Å²) in [7, 11) is 0. The van der Waals surface area contributed by atoms with Crippen LogP contribution in [0.2, 0.25) is 0 Å². The molecule has 4 nitrogen and oxygen atoms in total. The van der Waals surface area contributed by atoms with Gasteiger partial charge in [-0.3, -0.25) is 9.59 Å². The van der Waals surface area contributed by atoms with Crippen molar-refractivity contribution < 1.29 is 9.59 Å². The second kappa shape index (κ2) is 7.98. The Morgan fingerprint density at radius 2 is 1.41 bits per heavy atom. The Hall–Kier alpha value is -1.06. The molecule has 2 rings (SSSR count). The number of rotatable bonds is 4. The molecule has 22 heavy (non-hydrogen) atoms. The van der Waals surface area contributed by atoms with Gasteiger partial charge in [0, 0.05) is 38.0 Å². The molecule has 0 spiro atoms. The van der Waals surface area contributed by atoms with E-state index >= 15 is 0 Å². The third kappa shape index (κ3) is 4.02. The van der Waals surface area contributed by atoms with Crippen LogP contribution in [0.4, 0.5) is 0 Å². The fraction of sp³-hybridized carbons (Fsp3) is 0.889. The molecule has 0 aromatic heterocycles. The second-order valence-corrected chi connectivity index (χ2v) is 7.07. The van der Waals surface area contributed by atoms with Crippen molar-refractivity contribution in [3.05, 3.63) is 0 Å². The molecule has 4 heteroatoms. The Balaban J connectivity index is 1.81. The van der Waals surface area contributed by atoms with E-state index in [2.05, 4.69) is 11.8 Å². The molecule has 1 aliphatic heterocycles. The van der Waals surface area contributed by atoms with Crippen LogP contribution in [0.5, 0.6) is 0 Å². The van der Waals surface area contributed by atoms with Crippen molar-refractivity contribution in [3.8, 4) is 0 Å². The van der Waals surface area contributed by atoms with Crippen LogP contribution in [-0.4, -0.2) is 47.8 Å². The maximum Gasteiger partial charge on any atom is 0.225 e. The summed E-state index contributed by atoms with van der Waals surface area (Å²) in [4.78, 5) is 29.0. The highest BCUT2D eigenvalue weighted by atomic mass is 16.2. The molecule has 1 heterocycles. The molecule has 0 bridgehead atoms. The molecular formula is C18H32N2O2. The highest BCUT2D eigenvalue weighted by Crippen LogP contribution is 2.32. The standard InChI is InChI=1S/C18H32N2O2/c1-4-19(5-2)17(21)15-6-8-16(9-7-15)18(22)20-12-10-14(3)11-13-20/h14-16H,4-13H2,1-3H3. The minimum absolute atomic E-state index is 0.144. The first-order chi connectivity index (χ1) is 10.6. The van der Waals surface area contributed by atoms with E-state index < -0.39 is 0 Å². The average molecular weight is 308 g/mol. The lowest BCUT2D eigenvalue weighted by Gasteiger charge is -2.36. The first-order valence-corrected chi connectivity index (χ1v) is 9.14. The minimum atomic E-state index is 0.144. The fourth-order valence-corrected chi connectivity index (χ4v) is 3.87. The molecule has 2 fully saturated rings. The van der Waals surface area contributed by atoms with Crippen LogP contribution >= 0.6 is 0 Å². The average Bonchev–Trinajstić information content (AvgIpc) is 2.56. The van der Waals surface area contributed by atoms with Crippen molar-refractivity contribution in [2.24, 2.45) is 17.8 Å². The first kappa shape index (κ1) is 17.3. The van der Waals surface area contributed by atoms with Crippen LogP contribution < -0.4 is 0 Å². The Kier molecular flexibility index (Phi) is 6.27. The van der Waals surface area contributed by atoms with Gasteiger partial charge >= 0.3 is 0 Å². The summed E-state index contributed by atoms with van der Waals surface area (Å²) >= 11 is 0. The normalized spacial score (nSPS) is 26.8. The van der Waals surface area contributed by atoms with Crippen LogP contribution in [0.3, 0.4) is 0 Å². The summed E-state index contributed by atoms with van der Waals surface area (Å²) < 4.78 is 0. The minimum Gasteiger partial charge on any atom is -0.343 e. The van der Waals surface area contributed by atoms with Gasteiger partial charge in [-0.15, -0.1) is 0 Å². The number of carbonyl (C=O) groups excluding carboxylic acids is 2. The van der Waals surface area contributed by atoms with E-state index in [0.29, 0.717) is 11.8 Å². The van der Waals surface area contributed by atoms with Gasteiger partial charge in [0.1, 0.15) is 0 Å². The maximum atomic E-state index is 12.6. The van der Waals surface area contributed by atoms with Gasteiger partial charge in [0.15, 0.2) is 0 Å². The van der Waals surface area contributed by atoms with Gasteiger partial charge in [-0.25, -0.2) is 0 Å². The highest BCUT2D eigenvalue weighted by molar-refractivity contribution is 5.81. The molecule has 0 radical (unpaired) electrons. The van der Waals surface area contributed by atoms with Crippen molar-refractivity contribution >= 4 is 11.8 Å². The van der Waals surface area contributed by atoms with Gasteiger partial charge in [0.05, 0.1) is 0 Å². The maximum absolute atomic E-state index is 12.6. The summed E-state index contributed by atoms with van der Waals surface area (Å²) in [5, 5.41) is 0. The van der Waals surface area contributed by atoms with Gasteiger partial charge in [-0.1, -0.05) is 6.92 Å². The van der Waals surface area contributed by atoms with Crippen molar-refractivity contribution in [3.63, 3.8) is 0 Å². The number of hydrogen-bond donors (Lipinski definition) is 0. The number of likely N-dealkylation sites (tertiary alicyclic amines) is 1. The zero-order chi connectivity index (χ0) is 16.1. The summed E-state index contributed by atoms with van der Waals surface area (Å²) in [5.74, 6) is 1.70. The van der Waals surface area contributed by atoms with Gasteiger partial charge in [0.25, 0.3) is 0 Å². The molecule has 2 aliphatic rings. The quantitative estimate of drug-likeness (QED) is 0.801. The predicted molar refractivity (Wildman–Crippen MR) is 88.4 cm³/mol. The molecule has 1 saturated carbocycles. The van der Waals surface area contributed by atoms with E-state index in [-0.39, 0.29) is 11.8 Å². The number of hydrogen-bond acceptors (Lipinski definition) is 2. The Labute approximate surface area is 135 Å². The molecule has 0 aromatic carbocycles. The van der Waals surface area contributed by atoms with Gasteiger partial charge in [-0.05, 0) is 58.3 Å². The predicted octanol–water partition coefficient (Wildman–Crippen LogP) is 2.92. The topological polar surface area (TPSA) is 40.6 Å². The van der Waals surface area contributed by atoms with E-state index in [1.807, 2.05) is 18.7 Å². The van der Waals surface area contributed by atoms with Crippen molar-refractivity contribution in [1.82, 2.24) is 9.80 Å². The summed E-state index contributed by atoms with van der Waals surface area (Å²) in [6, 6.07) is 0. The Bertz CT molecular complexity index is 377. The van der Waals surface area contributed by atoms with Crippen LogP contribution in [-0.2, 0) is 9.59 Å². The van der Waals surface area contributed by atoms with Crippen LogP contribution in [0.1, 0.15) is 59.3 Å². The number of amides is 2. The molecule has 0 unspecified atom stereocenters. The van der Waals surface area contributed by atoms with Crippen molar-refractivity contribution in [2.45, 2.75) is 59.3 Å². The number of carbonyl (C=O) groups is 2. The van der Waals surface area contributed by atoms with Crippen LogP contribution in [0, 0.1) is 17.8 Å². The lowest BCUT2D eigenvalue weighted by atomic mass is 9.80. The van der Waals surface area contributed by atoms with Crippen LogP contribution in [0.15, 0.2) is 0 Å². The van der Waals surface area contributed by atoms with E-state index in [1.165, 1.54) is 0 Å². The molecule has 0 aromatic rings. The first-order valence-electron chi connectivity index (χ1n) is 9.14. The Morgan fingerprint density at radius 3 is 1.91 bits per heavy atom. The summed E-state index contributed by atoms with van der Waals surface area (Å²) in [6.07, 6.45) is 5.83. The largest absolute Gasteiger partial charge is 0.343 e. The van der Waals surface area contributed by atoms with Crippen molar-refractivity contribution in [1.29, 1.82) is 0 Å². The van der Waals surface area contributed by atoms with Gasteiger partial charge in [-0.2, -0.15) is 0 Å². The lowest BCUT2D eigenvalue weighted by Crippen LogP contribution is -2.43. The van der Waals surface area contributed by atoms with Crippen molar-refractivity contribution in [2.75, 3.05) is 26.2 Å². The molecule has 2 amide bonds. The Morgan fingerprint density at radius 1 is 0.909 bits per heavy atom. The third-order valence-corrected chi connectivity index (χ3v) is 5.60. The third-order valence-electron chi connectivity index (χ3n) is 5.60. The zero-order valence-corrected chi connectivity index (χ0v) is 14.5. The van der Waals surface area contributed by atoms with E-state index in [9.17, 15) is 9.59 Å². The molecular weight excluding hydrogens is 276 g/mol. The molecule has 1 saturated heterocycles. The lowest BCUT2D eigenvalue weighted by molar-refractivity contribution is -0.142. The highest BCUT2D eigenvalue weighted by Gasteiger charge is 2.34. The smallest absolute Gasteiger partial charge is 0.225 e. The summed E-state index contributed by atoms with van der Waals surface area (Å²) in [6.45, 7) is 9.78. The molecule has 0 N–H and O–H groups in total. The number of piperidine rings is 1. The monoisotopic (exact) mass is 308 g/mol. The number of nitrogens with zero attached hydrogens (tertiary/aromatic N) is 2. The van der Waals surface area contributed by atoms with E-state index in [1.54, 1.807) is 0 Å². The summed E-state index contributed by atoms with van der Waals surface area (Å²) in [5.41, 5.74) is 0. The van der Waals surface area contributed by atoms with E-state index in [0.717, 1.165) is 70.6 Å². The molecule has 0 atom stereocenters. The van der Waals surface area contributed by atoms with Gasteiger partial charge in [0.2, 0.25) is 11.8 Å². The van der Waals surface area contributed by atoms with Crippen LogP contribution in [0.25, 0.3) is 0 Å². The zero-order valence-electron chi connectivity index (χ0n) is 14.5.